The molecular formula is C8H14O2. The van der Waals surface area contributed by atoms with E-state index in [-0.39, 0.29) is 6.61 Å². The zero-order chi connectivity index (χ0) is 7.40. The number of ether oxygens (including phenoxy) is 1. The van der Waals surface area contributed by atoms with Gasteiger partial charge in [0.05, 0.1) is 6.61 Å². The third-order valence-corrected chi connectivity index (χ3v) is 2.00. The van der Waals surface area contributed by atoms with Crippen LogP contribution in [-0.2, 0) is 4.74 Å². The molecule has 0 aromatic carbocycles. The van der Waals surface area contributed by atoms with Gasteiger partial charge in [-0.1, -0.05) is 6.58 Å². The van der Waals surface area contributed by atoms with Crippen LogP contribution in [0.1, 0.15) is 12.8 Å². The highest BCUT2D eigenvalue weighted by atomic mass is 16.5. The fourth-order valence-corrected chi connectivity index (χ4v) is 1.23. The number of rotatable bonds is 2. The lowest BCUT2D eigenvalue weighted by Gasteiger charge is -2.22. The SMILES string of the molecule is C=C(CO)C1CCOCC1. The summed E-state index contributed by atoms with van der Waals surface area (Å²) in [5.41, 5.74) is 0.961. The van der Waals surface area contributed by atoms with E-state index >= 15 is 0 Å². The average Bonchev–Trinajstić information content (AvgIpc) is 2.05. The van der Waals surface area contributed by atoms with E-state index in [4.69, 9.17) is 9.84 Å². The molecule has 1 aliphatic rings. The summed E-state index contributed by atoms with van der Waals surface area (Å²) >= 11 is 0. The summed E-state index contributed by atoms with van der Waals surface area (Å²) in [5.74, 6) is 0.499. The largest absolute Gasteiger partial charge is 0.392 e. The van der Waals surface area contributed by atoms with Crippen molar-refractivity contribution in [2.24, 2.45) is 5.92 Å². The van der Waals surface area contributed by atoms with Crippen LogP contribution in [0.3, 0.4) is 0 Å². The molecule has 0 aliphatic carbocycles. The second-order valence-electron chi connectivity index (χ2n) is 2.70. The Morgan fingerprint density at radius 1 is 1.50 bits per heavy atom. The fraction of sp³-hybridized carbons (Fsp3) is 0.750. The molecule has 2 heteroatoms. The summed E-state index contributed by atoms with van der Waals surface area (Å²) in [4.78, 5) is 0. The van der Waals surface area contributed by atoms with E-state index in [1.54, 1.807) is 0 Å². The normalized spacial score (nSPS) is 20.9. The van der Waals surface area contributed by atoms with Crippen LogP contribution < -0.4 is 0 Å². The lowest BCUT2D eigenvalue weighted by atomic mass is 9.93. The van der Waals surface area contributed by atoms with E-state index in [0.29, 0.717) is 5.92 Å². The van der Waals surface area contributed by atoms with Crippen molar-refractivity contribution in [1.82, 2.24) is 0 Å². The van der Waals surface area contributed by atoms with Gasteiger partial charge in [0.25, 0.3) is 0 Å². The Bertz CT molecular complexity index is 114. The van der Waals surface area contributed by atoms with Gasteiger partial charge in [-0.3, -0.25) is 0 Å². The number of hydrogen-bond acceptors (Lipinski definition) is 2. The van der Waals surface area contributed by atoms with Crippen LogP contribution in [0, 0.1) is 5.92 Å². The summed E-state index contributed by atoms with van der Waals surface area (Å²) in [5, 5.41) is 8.75. The van der Waals surface area contributed by atoms with Gasteiger partial charge >= 0.3 is 0 Å². The van der Waals surface area contributed by atoms with Crippen molar-refractivity contribution >= 4 is 0 Å². The maximum absolute atomic E-state index is 8.75. The van der Waals surface area contributed by atoms with Gasteiger partial charge < -0.3 is 9.84 Å². The predicted octanol–water partition coefficient (Wildman–Crippen LogP) is 0.962. The highest BCUT2D eigenvalue weighted by Gasteiger charge is 2.15. The monoisotopic (exact) mass is 142 g/mol. The molecule has 1 fully saturated rings. The first-order chi connectivity index (χ1) is 4.84. The van der Waals surface area contributed by atoms with Gasteiger partial charge in [0, 0.05) is 13.2 Å². The number of aliphatic hydroxyl groups is 1. The fourth-order valence-electron chi connectivity index (χ4n) is 1.23. The molecule has 58 valence electrons. The van der Waals surface area contributed by atoms with Gasteiger partial charge in [-0.25, -0.2) is 0 Å². The lowest BCUT2D eigenvalue weighted by Crippen LogP contribution is -2.18. The summed E-state index contributed by atoms with van der Waals surface area (Å²) < 4.78 is 5.17. The molecule has 0 atom stereocenters. The molecule has 0 bridgehead atoms. The van der Waals surface area contributed by atoms with E-state index < -0.39 is 0 Å². The van der Waals surface area contributed by atoms with Crippen molar-refractivity contribution in [3.05, 3.63) is 12.2 Å². The van der Waals surface area contributed by atoms with E-state index in [1.807, 2.05) is 0 Å². The van der Waals surface area contributed by atoms with Crippen molar-refractivity contribution in [3.8, 4) is 0 Å². The van der Waals surface area contributed by atoms with Gasteiger partial charge in [-0.15, -0.1) is 0 Å². The highest BCUT2D eigenvalue weighted by Crippen LogP contribution is 2.20. The molecule has 1 rings (SSSR count). The predicted molar refractivity (Wildman–Crippen MR) is 39.8 cm³/mol. The Hall–Kier alpha value is -0.340. The molecule has 0 amide bonds. The first-order valence-corrected chi connectivity index (χ1v) is 3.71. The third kappa shape index (κ3) is 1.82. The first-order valence-electron chi connectivity index (χ1n) is 3.71. The lowest BCUT2D eigenvalue weighted by molar-refractivity contribution is 0.0730. The van der Waals surface area contributed by atoms with Crippen LogP contribution >= 0.6 is 0 Å². The molecule has 2 nitrogen and oxygen atoms in total. The Labute approximate surface area is 61.5 Å². The van der Waals surface area contributed by atoms with Crippen LogP contribution in [0.4, 0.5) is 0 Å². The molecule has 10 heavy (non-hydrogen) atoms. The second kappa shape index (κ2) is 3.74. The summed E-state index contributed by atoms with van der Waals surface area (Å²) in [6, 6.07) is 0. The van der Waals surface area contributed by atoms with Crippen molar-refractivity contribution < 1.29 is 9.84 Å². The zero-order valence-corrected chi connectivity index (χ0v) is 6.18. The van der Waals surface area contributed by atoms with Crippen LogP contribution in [0.25, 0.3) is 0 Å². The molecule has 0 aromatic heterocycles. The molecule has 0 unspecified atom stereocenters. The average molecular weight is 142 g/mol. The quantitative estimate of drug-likeness (QED) is 0.582. The third-order valence-electron chi connectivity index (χ3n) is 2.00. The van der Waals surface area contributed by atoms with Gasteiger partial charge in [0.1, 0.15) is 0 Å². The molecule has 1 N–H and O–H groups in total. The van der Waals surface area contributed by atoms with Gasteiger partial charge in [0.2, 0.25) is 0 Å². The molecule has 0 saturated carbocycles. The van der Waals surface area contributed by atoms with E-state index in [1.165, 1.54) is 0 Å². The molecule has 1 aliphatic heterocycles. The maximum atomic E-state index is 8.75. The molecule has 1 heterocycles. The van der Waals surface area contributed by atoms with Gasteiger partial charge in [-0.05, 0) is 24.3 Å². The Kier molecular flexibility index (Phi) is 2.90. The molecule has 0 spiro atoms. The minimum absolute atomic E-state index is 0.130. The van der Waals surface area contributed by atoms with Crippen molar-refractivity contribution in [2.75, 3.05) is 19.8 Å². The zero-order valence-electron chi connectivity index (χ0n) is 6.18. The Morgan fingerprint density at radius 2 is 2.10 bits per heavy atom. The van der Waals surface area contributed by atoms with Gasteiger partial charge in [0.15, 0.2) is 0 Å². The minimum Gasteiger partial charge on any atom is -0.392 e. The molecule has 1 saturated heterocycles. The first kappa shape index (κ1) is 7.76. The van der Waals surface area contributed by atoms with Crippen molar-refractivity contribution in [2.45, 2.75) is 12.8 Å². The van der Waals surface area contributed by atoms with Crippen molar-refractivity contribution in [1.29, 1.82) is 0 Å². The number of hydrogen-bond donors (Lipinski definition) is 1. The van der Waals surface area contributed by atoms with Gasteiger partial charge in [-0.2, -0.15) is 0 Å². The molecule has 0 aromatic rings. The van der Waals surface area contributed by atoms with Crippen LogP contribution in [-0.4, -0.2) is 24.9 Å². The summed E-state index contributed by atoms with van der Waals surface area (Å²) in [7, 11) is 0. The van der Waals surface area contributed by atoms with E-state index in [9.17, 15) is 0 Å². The Balaban J connectivity index is 2.31. The maximum Gasteiger partial charge on any atom is 0.0641 e. The smallest absolute Gasteiger partial charge is 0.0641 e. The summed E-state index contributed by atoms with van der Waals surface area (Å²) in [6.07, 6.45) is 2.05. The highest BCUT2D eigenvalue weighted by molar-refractivity contribution is 5.01. The van der Waals surface area contributed by atoms with Crippen LogP contribution in [0.15, 0.2) is 12.2 Å². The van der Waals surface area contributed by atoms with Crippen LogP contribution in [0.5, 0.6) is 0 Å². The van der Waals surface area contributed by atoms with Crippen molar-refractivity contribution in [3.63, 3.8) is 0 Å². The Morgan fingerprint density at radius 3 is 2.60 bits per heavy atom. The molecule has 0 radical (unpaired) electrons. The van der Waals surface area contributed by atoms with E-state index in [0.717, 1.165) is 31.6 Å². The number of aliphatic hydroxyl groups excluding tert-OH is 1. The second-order valence-corrected chi connectivity index (χ2v) is 2.70. The minimum atomic E-state index is 0.130. The standard InChI is InChI=1S/C8H14O2/c1-7(6-9)8-2-4-10-5-3-8/h8-9H,1-6H2. The van der Waals surface area contributed by atoms with Crippen LogP contribution in [0.2, 0.25) is 0 Å². The topological polar surface area (TPSA) is 29.5 Å². The van der Waals surface area contributed by atoms with E-state index in [2.05, 4.69) is 6.58 Å². The summed E-state index contributed by atoms with van der Waals surface area (Å²) in [6.45, 7) is 5.57. The molecular weight excluding hydrogens is 128 g/mol.